The van der Waals surface area contributed by atoms with E-state index in [1.165, 1.54) is 7.11 Å². The monoisotopic (exact) mass is 458 g/mol. The van der Waals surface area contributed by atoms with Gasteiger partial charge in [0.05, 0.1) is 25.9 Å². The molecule has 0 bridgehead atoms. The molecule has 2 N–H and O–H groups in total. The number of carbonyl (C=O) groups excluding carboxylic acids is 3. The first-order valence-corrected chi connectivity index (χ1v) is 10.7. The summed E-state index contributed by atoms with van der Waals surface area (Å²) in [6, 6.07) is 12.3. The van der Waals surface area contributed by atoms with Crippen LogP contribution >= 0.6 is 0 Å². The van der Waals surface area contributed by atoms with E-state index in [0.717, 1.165) is 5.56 Å². The molecule has 9 nitrogen and oxygen atoms in total. The summed E-state index contributed by atoms with van der Waals surface area (Å²) in [4.78, 5) is 36.0. The van der Waals surface area contributed by atoms with Gasteiger partial charge < -0.3 is 29.6 Å². The number of hydrogen-bond donors (Lipinski definition) is 2. The van der Waals surface area contributed by atoms with Crippen molar-refractivity contribution in [2.24, 2.45) is 0 Å². The smallest absolute Gasteiger partial charge is 0.325 e. The molecular formula is C24H30N2O7. The first kappa shape index (κ1) is 25.5. The van der Waals surface area contributed by atoms with Crippen LogP contribution < -0.4 is 24.8 Å². The first-order chi connectivity index (χ1) is 16.0. The van der Waals surface area contributed by atoms with E-state index in [9.17, 15) is 14.4 Å². The number of amides is 2. The largest absolute Gasteiger partial charge is 0.496 e. The minimum Gasteiger partial charge on any atom is -0.496 e. The number of benzene rings is 2. The molecule has 0 radical (unpaired) electrons. The Kier molecular flexibility index (Phi) is 10.5. The summed E-state index contributed by atoms with van der Waals surface area (Å²) in [5.74, 6) is 0.0973. The van der Waals surface area contributed by atoms with Gasteiger partial charge in [-0.1, -0.05) is 18.2 Å². The van der Waals surface area contributed by atoms with Crippen molar-refractivity contribution in [1.82, 2.24) is 10.6 Å². The highest BCUT2D eigenvalue weighted by Crippen LogP contribution is 2.28. The van der Waals surface area contributed by atoms with Crippen LogP contribution in [0.5, 0.6) is 17.2 Å². The molecule has 0 spiro atoms. The molecule has 0 atom stereocenters. The van der Waals surface area contributed by atoms with Crippen molar-refractivity contribution in [2.45, 2.75) is 20.3 Å². The quantitative estimate of drug-likeness (QED) is 0.442. The van der Waals surface area contributed by atoms with Gasteiger partial charge in [-0.15, -0.1) is 0 Å². The molecule has 33 heavy (non-hydrogen) atoms. The van der Waals surface area contributed by atoms with Crippen molar-refractivity contribution in [1.29, 1.82) is 0 Å². The zero-order valence-corrected chi connectivity index (χ0v) is 19.1. The molecule has 2 amide bonds. The van der Waals surface area contributed by atoms with Crippen LogP contribution in [0.25, 0.3) is 0 Å². The number of rotatable bonds is 13. The van der Waals surface area contributed by atoms with Crippen molar-refractivity contribution in [2.75, 3.05) is 40.0 Å². The maximum Gasteiger partial charge on any atom is 0.325 e. The predicted molar refractivity (Wildman–Crippen MR) is 122 cm³/mol. The maximum absolute atomic E-state index is 12.2. The molecular weight excluding hydrogens is 428 g/mol. The van der Waals surface area contributed by atoms with E-state index in [4.69, 9.17) is 18.9 Å². The lowest BCUT2D eigenvalue weighted by molar-refractivity contribution is -0.147. The number of para-hydroxylation sites is 1. The number of carbonyl (C=O) groups is 3. The number of ether oxygens (including phenoxy) is 4. The van der Waals surface area contributed by atoms with E-state index >= 15 is 0 Å². The molecule has 2 aromatic carbocycles. The van der Waals surface area contributed by atoms with Crippen LogP contribution in [0.3, 0.4) is 0 Å². The van der Waals surface area contributed by atoms with Gasteiger partial charge in [0.15, 0.2) is 18.1 Å². The molecule has 0 aliphatic rings. The fourth-order valence-corrected chi connectivity index (χ4v) is 2.93. The van der Waals surface area contributed by atoms with Crippen molar-refractivity contribution in [3.8, 4) is 17.2 Å². The second-order valence-electron chi connectivity index (χ2n) is 6.79. The van der Waals surface area contributed by atoms with Crippen LogP contribution in [0.1, 0.15) is 29.8 Å². The van der Waals surface area contributed by atoms with E-state index in [0.29, 0.717) is 49.0 Å². The Labute approximate surface area is 193 Å². The van der Waals surface area contributed by atoms with Crippen molar-refractivity contribution >= 4 is 17.8 Å². The van der Waals surface area contributed by atoms with Crippen molar-refractivity contribution in [3.05, 3.63) is 53.6 Å². The van der Waals surface area contributed by atoms with Gasteiger partial charge in [-0.05, 0) is 50.1 Å². The van der Waals surface area contributed by atoms with Crippen LogP contribution in [-0.2, 0) is 20.7 Å². The highest BCUT2D eigenvalue weighted by atomic mass is 16.5. The molecule has 0 saturated heterocycles. The number of nitrogens with one attached hydrogen (secondary N) is 2. The average molecular weight is 459 g/mol. The average Bonchev–Trinajstić information content (AvgIpc) is 2.83. The van der Waals surface area contributed by atoms with Crippen LogP contribution in [0.15, 0.2) is 42.5 Å². The Morgan fingerprint density at radius 1 is 0.879 bits per heavy atom. The predicted octanol–water partition coefficient (Wildman–Crippen LogP) is 2.12. The van der Waals surface area contributed by atoms with Gasteiger partial charge in [-0.2, -0.15) is 0 Å². The van der Waals surface area contributed by atoms with Gasteiger partial charge in [0, 0.05) is 6.54 Å². The third-order valence-electron chi connectivity index (χ3n) is 4.45. The zero-order chi connectivity index (χ0) is 24.1. The summed E-state index contributed by atoms with van der Waals surface area (Å²) in [5.41, 5.74) is 1.27. The second kappa shape index (κ2) is 13.6. The Morgan fingerprint density at radius 2 is 1.61 bits per heavy atom. The summed E-state index contributed by atoms with van der Waals surface area (Å²) < 4.78 is 21.2. The van der Waals surface area contributed by atoms with Gasteiger partial charge in [0.25, 0.3) is 11.8 Å². The van der Waals surface area contributed by atoms with Gasteiger partial charge in [0.1, 0.15) is 12.3 Å². The zero-order valence-electron chi connectivity index (χ0n) is 19.1. The number of methoxy groups -OCH3 is 1. The molecule has 0 fully saturated rings. The standard InChI is InChI=1S/C24H30N2O7/c1-4-31-20-11-10-17(14-21(20)32-5-2)12-13-25-22(27)16-33-23(28)15-26-24(29)18-8-6-7-9-19(18)30-3/h6-11,14H,4-5,12-13,15-16H2,1-3H3,(H,25,27)(H,26,29). The van der Waals surface area contributed by atoms with Crippen LogP contribution in [0, 0.1) is 0 Å². The summed E-state index contributed by atoms with van der Waals surface area (Å²) in [6.45, 7) is 4.42. The highest BCUT2D eigenvalue weighted by Gasteiger charge is 2.14. The van der Waals surface area contributed by atoms with Gasteiger partial charge in [0.2, 0.25) is 0 Å². The summed E-state index contributed by atoms with van der Waals surface area (Å²) in [6.07, 6.45) is 0.571. The van der Waals surface area contributed by atoms with Gasteiger partial charge in [-0.3, -0.25) is 14.4 Å². The Balaban J connectivity index is 1.71. The van der Waals surface area contributed by atoms with Crippen molar-refractivity contribution in [3.63, 3.8) is 0 Å². The SMILES string of the molecule is CCOc1ccc(CCNC(=O)COC(=O)CNC(=O)c2ccccc2OC)cc1OCC. The molecule has 2 rings (SSSR count). The Hall–Kier alpha value is -3.75. The summed E-state index contributed by atoms with van der Waals surface area (Å²) in [5, 5.41) is 5.14. The lowest BCUT2D eigenvalue weighted by atomic mass is 10.1. The molecule has 0 aromatic heterocycles. The van der Waals surface area contributed by atoms with E-state index < -0.39 is 24.4 Å². The summed E-state index contributed by atoms with van der Waals surface area (Å²) in [7, 11) is 1.45. The first-order valence-electron chi connectivity index (χ1n) is 10.7. The Morgan fingerprint density at radius 3 is 2.33 bits per heavy atom. The molecule has 0 aliphatic heterocycles. The number of esters is 1. The van der Waals surface area contributed by atoms with Gasteiger partial charge >= 0.3 is 5.97 Å². The van der Waals surface area contributed by atoms with E-state index in [2.05, 4.69) is 10.6 Å². The molecule has 0 heterocycles. The highest BCUT2D eigenvalue weighted by molar-refractivity contribution is 5.98. The normalized spacial score (nSPS) is 10.2. The van der Waals surface area contributed by atoms with Crippen LogP contribution in [0.2, 0.25) is 0 Å². The maximum atomic E-state index is 12.2. The number of hydrogen-bond acceptors (Lipinski definition) is 7. The molecule has 9 heteroatoms. The van der Waals surface area contributed by atoms with Crippen molar-refractivity contribution < 1.29 is 33.3 Å². The lowest BCUT2D eigenvalue weighted by Crippen LogP contribution is -2.34. The minimum absolute atomic E-state index is 0.298. The van der Waals surface area contributed by atoms with Crippen LogP contribution in [0.4, 0.5) is 0 Å². The Bertz CT molecular complexity index is 946. The molecule has 178 valence electrons. The van der Waals surface area contributed by atoms with E-state index in [1.54, 1.807) is 24.3 Å². The second-order valence-corrected chi connectivity index (χ2v) is 6.79. The molecule has 2 aromatic rings. The lowest BCUT2D eigenvalue weighted by Gasteiger charge is -2.13. The fraction of sp³-hybridized carbons (Fsp3) is 0.375. The third kappa shape index (κ3) is 8.36. The third-order valence-corrected chi connectivity index (χ3v) is 4.45. The van der Waals surface area contributed by atoms with E-state index in [-0.39, 0.29) is 6.54 Å². The van der Waals surface area contributed by atoms with Crippen LogP contribution in [-0.4, -0.2) is 57.8 Å². The topological polar surface area (TPSA) is 112 Å². The molecule has 0 unspecified atom stereocenters. The van der Waals surface area contributed by atoms with E-state index in [1.807, 2.05) is 32.0 Å². The summed E-state index contributed by atoms with van der Waals surface area (Å²) >= 11 is 0. The molecule has 0 aliphatic carbocycles. The fourth-order valence-electron chi connectivity index (χ4n) is 2.93. The molecule has 0 saturated carbocycles. The minimum atomic E-state index is -0.721. The van der Waals surface area contributed by atoms with Gasteiger partial charge in [-0.25, -0.2) is 0 Å².